The molecule has 22 heavy (non-hydrogen) atoms. The predicted molar refractivity (Wildman–Crippen MR) is 92.7 cm³/mol. The van der Waals surface area contributed by atoms with E-state index in [1.165, 1.54) is 0 Å². The van der Waals surface area contributed by atoms with Gasteiger partial charge in [-0.15, -0.1) is 0 Å². The van der Waals surface area contributed by atoms with Crippen molar-refractivity contribution in [1.82, 2.24) is 5.32 Å². The van der Waals surface area contributed by atoms with Crippen LogP contribution in [-0.2, 0) is 18.9 Å². The van der Waals surface area contributed by atoms with Crippen LogP contribution in [0.3, 0.4) is 0 Å². The number of hydrogen-bond donors (Lipinski definition) is 1. The highest BCUT2D eigenvalue weighted by Gasteiger charge is 2.26. The minimum absolute atomic E-state index is 0.189. The van der Waals surface area contributed by atoms with Gasteiger partial charge >= 0.3 is 6.09 Å². The first-order chi connectivity index (χ1) is 10.2. The molecule has 1 aliphatic rings. The van der Waals surface area contributed by atoms with Crippen LogP contribution >= 0.6 is 22.6 Å². The van der Waals surface area contributed by atoms with E-state index in [4.69, 9.17) is 18.9 Å². The number of rotatable bonds is 8. The zero-order valence-corrected chi connectivity index (χ0v) is 16.1. The van der Waals surface area contributed by atoms with Crippen LogP contribution in [0.4, 0.5) is 4.79 Å². The number of ether oxygens (including phenoxy) is 4. The largest absolute Gasteiger partial charge is 0.444 e. The molecule has 1 N–H and O–H groups in total. The van der Waals surface area contributed by atoms with Crippen LogP contribution < -0.4 is 5.32 Å². The smallest absolute Gasteiger partial charge is 0.407 e. The van der Waals surface area contributed by atoms with E-state index < -0.39 is 17.3 Å². The van der Waals surface area contributed by atoms with Crippen molar-refractivity contribution >= 4 is 28.7 Å². The first kappa shape index (κ1) is 19.9. The van der Waals surface area contributed by atoms with Gasteiger partial charge in [0.15, 0.2) is 0 Å². The lowest BCUT2D eigenvalue weighted by molar-refractivity contribution is -0.0564. The number of amides is 1. The Morgan fingerprint density at radius 2 is 2.05 bits per heavy atom. The molecule has 0 aromatic carbocycles. The maximum atomic E-state index is 11.7. The number of hydrogen-bond acceptors (Lipinski definition) is 5. The van der Waals surface area contributed by atoms with Crippen LogP contribution in [0.1, 0.15) is 34.1 Å². The first-order valence-corrected chi connectivity index (χ1v) is 9.13. The van der Waals surface area contributed by atoms with Gasteiger partial charge in [-0.05, 0) is 34.1 Å². The highest BCUT2D eigenvalue weighted by atomic mass is 127. The SMILES string of the molecule is CC(C)(C)OC(=O)NCC(C)(CI)OCCOC1CCOC1. The van der Waals surface area contributed by atoms with Gasteiger partial charge in [0.05, 0.1) is 38.1 Å². The second kappa shape index (κ2) is 9.24. The summed E-state index contributed by atoms with van der Waals surface area (Å²) in [5.41, 5.74) is -0.935. The average molecular weight is 429 g/mol. The summed E-state index contributed by atoms with van der Waals surface area (Å²) in [7, 11) is 0. The fraction of sp³-hybridized carbons (Fsp3) is 0.933. The summed E-state index contributed by atoms with van der Waals surface area (Å²) in [6.45, 7) is 10.4. The molecule has 0 saturated carbocycles. The zero-order valence-electron chi connectivity index (χ0n) is 13.9. The number of halogens is 1. The summed E-state index contributed by atoms with van der Waals surface area (Å²) < 4.78 is 22.8. The molecule has 7 heteroatoms. The van der Waals surface area contributed by atoms with Crippen molar-refractivity contribution < 1.29 is 23.7 Å². The molecule has 2 atom stereocenters. The molecule has 1 rings (SSSR count). The van der Waals surface area contributed by atoms with Crippen LogP contribution in [0.2, 0.25) is 0 Å². The zero-order chi connectivity index (χ0) is 16.6. The molecule has 130 valence electrons. The molecule has 0 bridgehead atoms. The van der Waals surface area contributed by atoms with Crippen LogP contribution in [0.5, 0.6) is 0 Å². The van der Waals surface area contributed by atoms with Gasteiger partial charge in [-0.3, -0.25) is 0 Å². The summed E-state index contributed by atoms with van der Waals surface area (Å²) in [5.74, 6) is 0. The lowest BCUT2D eigenvalue weighted by Gasteiger charge is -2.29. The summed E-state index contributed by atoms with van der Waals surface area (Å²) in [5, 5.41) is 2.76. The molecule has 1 saturated heterocycles. The maximum Gasteiger partial charge on any atom is 0.407 e. The summed E-state index contributed by atoms with van der Waals surface area (Å²) in [4.78, 5) is 11.7. The van der Waals surface area contributed by atoms with E-state index in [0.29, 0.717) is 26.4 Å². The van der Waals surface area contributed by atoms with E-state index in [-0.39, 0.29) is 6.10 Å². The molecule has 1 amide bonds. The van der Waals surface area contributed by atoms with E-state index in [0.717, 1.165) is 17.5 Å². The molecule has 1 heterocycles. The molecular weight excluding hydrogens is 401 g/mol. The maximum absolute atomic E-state index is 11.7. The fourth-order valence-electron chi connectivity index (χ4n) is 1.86. The van der Waals surface area contributed by atoms with Crippen LogP contribution in [0, 0.1) is 0 Å². The van der Waals surface area contributed by atoms with Crippen molar-refractivity contribution in [3.63, 3.8) is 0 Å². The highest BCUT2D eigenvalue weighted by molar-refractivity contribution is 14.1. The Hall–Kier alpha value is -0.120. The molecule has 0 radical (unpaired) electrons. The van der Waals surface area contributed by atoms with Crippen molar-refractivity contribution in [2.45, 2.75) is 51.4 Å². The third-order valence-corrected chi connectivity index (χ3v) is 4.68. The molecule has 6 nitrogen and oxygen atoms in total. The molecule has 0 aromatic heterocycles. The molecule has 1 fully saturated rings. The minimum Gasteiger partial charge on any atom is -0.444 e. The lowest BCUT2D eigenvalue weighted by atomic mass is 10.1. The Bertz CT molecular complexity index is 341. The van der Waals surface area contributed by atoms with E-state index in [1.54, 1.807) is 0 Å². The Labute approximate surface area is 146 Å². The van der Waals surface area contributed by atoms with Gasteiger partial charge in [-0.25, -0.2) is 4.79 Å². The van der Waals surface area contributed by atoms with Crippen molar-refractivity contribution in [2.24, 2.45) is 0 Å². The van der Waals surface area contributed by atoms with Gasteiger partial charge < -0.3 is 24.3 Å². The van der Waals surface area contributed by atoms with Gasteiger partial charge in [-0.2, -0.15) is 0 Å². The standard InChI is InChI=1S/C15H28INO5/c1-14(2,3)22-13(18)17-11-15(4,10-16)21-8-7-20-12-5-6-19-9-12/h12H,5-11H2,1-4H3,(H,17,18). The second-order valence-electron chi connectivity index (χ2n) is 6.64. The minimum atomic E-state index is -0.497. The average Bonchev–Trinajstić information content (AvgIpc) is 2.93. The van der Waals surface area contributed by atoms with E-state index in [2.05, 4.69) is 27.9 Å². The molecule has 0 spiro atoms. The number of carbonyl (C=O) groups excluding carboxylic acids is 1. The van der Waals surface area contributed by atoms with E-state index >= 15 is 0 Å². The van der Waals surface area contributed by atoms with Crippen LogP contribution in [0.15, 0.2) is 0 Å². The quantitative estimate of drug-likeness (QED) is 0.365. The Morgan fingerprint density at radius 1 is 1.32 bits per heavy atom. The van der Waals surface area contributed by atoms with Crippen LogP contribution in [0.25, 0.3) is 0 Å². The molecular formula is C15H28INO5. The third kappa shape index (κ3) is 8.50. The van der Waals surface area contributed by atoms with Crippen molar-refractivity contribution in [2.75, 3.05) is 37.4 Å². The van der Waals surface area contributed by atoms with Crippen molar-refractivity contribution in [1.29, 1.82) is 0 Å². The Balaban J connectivity index is 2.22. The Kier molecular flexibility index (Phi) is 8.37. The Morgan fingerprint density at radius 3 is 2.59 bits per heavy atom. The molecule has 2 unspecified atom stereocenters. The van der Waals surface area contributed by atoms with Crippen LogP contribution in [-0.4, -0.2) is 60.8 Å². The first-order valence-electron chi connectivity index (χ1n) is 7.60. The van der Waals surface area contributed by atoms with Gasteiger partial charge in [-0.1, -0.05) is 22.6 Å². The predicted octanol–water partition coefficient (Wildman–Crippen LogP) is 2.53. The number of alkyl halides is 1. The summed E-state index contributed by atoms with van der Waals surface area (Å²) >= 11 is 2.25. The summed E-state index contributed by atoms with van der Waals surface area (Å²) in [6, 6.07) is 0. The fourth-order valence-corrected chi connectivity index (χ4v) is 2.35. The molecule has 0 aliphatic carbocycles. The van der Waals surface area contributed by atoms with Crippen molar-refractivity contribution in [3.05, 3.63) is 0 Å². The highest BCUT2D eigenvalue weighted by Crippen LogP contribution is 2.15. The van der Waals surface area contributed by atoms with Crippen molar-refractivity contribution in [3.8, 4) is 0 Å². The normalized spacial score (nSPS) is 21.4. The summed E-state index contributed by atoms with van der Waals surface area (Å²) in [6.07, 6.45) is 0.713. The monoisotopic (exact) mass is 429 g/mol. The topological polar surface area (TPSA) is 66.0 Å². The second-order valence-corrected chi connectivity index (χ2v) is 7.41. The van der Waals surface area contributed by atoms with Gasteiger partial charge in [0.2, 0.25) is 0 Å². The van der Waals surface area contributed by atoms with E-state index in [1.807, 2.05) is 27.7 Å². The van der Waals surface area contributed by atoms with Gasteiger partial charge in [0, 0.05) is 11.0 Å². The van der Waals surface area contributed by atoms with Gasteiger partial charge in [0.25, 0.3) is 0 Å². The lowest BCUT2D eigenvalue weighted by Crippen LogP contribution is -2.46. The number of nitrogens with one attached hydrogen (secondary N) is 1. The molecule has 1 aliphatic heterocycles. The third-order valence-electron chi connectivity index (χ3n) is 3.06. The number of carbonyl (C=O) groups is 1. The van der Waals surface area contributed by atoms with E-state index in [9.17, 15) is 4.79 Å². The number of alkyl carbamates (subject to hydrolysis) is 1. The molecule has 0 aromatic rings. The van der Waals surface area contributed by atoms with Gasteiger partial charge in [0.1, 0.15) is 5.60 Å².